The molecule has 0 saturated carbocycles. The minimum absolute atomic E-state index is 0.0997. The number of hydrogen-bond acceptors (Lipinski definition) is 2. The zero-order valence-corrected chi connectivity index (χ0v) is 14.9. The van der Waals surface area contributed by atoms with Gasteiger partial charge in [-0.2, -0.15) is 5.10 Å². The van der Waals surface area contributed by atoms with Crippen LogP contribution in [0, 0.1) is 13.8 Å². The van der Waals surface area contributed by atoms with E-state index in [2.05, 4.69) is 5.10 Å². The average Bonchev–Trinajstić information content (AvgIpc) is 2.91. The molecule has 0 spiro atoms. The van der Waals surface area contributed by atoms with Crippen molar-refractivity contribution in [3.05, 3.63) is 83.2 Å². The van der Waals surface area contributed by atoms with E-state index in [9.17, 15) is 4.79 Å². The lowest BCUT2D eigenvalue weighted by Crippen LogP contribution is -2.28. The van der Waals surface area contributed by atoms with Crippen LogP contribution >= 0.6 is 0 Å². The summed E-state index contributed by atoms with van der Waals surface area (Å²) >= 11 is 0. The molecule has 1 amide bonds. The van der Waals surface area contributed by atoms with E-state index in [0.717, 1.165) is 28.2 Å². The summed E-state index contributed by atoms with van der Waals surface area (Å²) in [5.74, 6) is 0.0997. The van der Waals surface area contributed by atoms with Crippen molar-refractivity contribution in [1.82, 2.24) is 14.7 Å². The molecule has 0 fully saturated rings. The molecule has 1 aromatic heterocycles. The molecule has 4 heteroatoms. The van der Waals surface area contributed by atoms with Gasteiger partial charge in [0.25, 0.3) is 0 Å². The van der Waals surface area contributed by atoms with Crippen LogP contribution in [0.5, 0.6) is 0 Å². The number of nitrogens with zero attached hydrogens (tertiary/aromatic N) is 3. The van der Waals surface area contributed by atoms with Crippen molar-refractivity contribution in [3.63, 3.8) is 0 Å². The number of benzene rings is 2. The highest BCUT2D eigenvalue weighted by Gasteiger charge is 2.18. The van der Waals surface area contributed by atoms with Crippen molar-refractivity contribution in [3.8, 4) is 5.69 Å². The lowest BCUT2D eigenvalue weighted by atomic mass is 10.1. The molecule has 0 atom stereocenters. The molecular weight excluding hydrogens is 310 g/mol. The fraction of sp³-hybridized carbons (Fsp3) is 0.238. The smallest absolute Gasteiger partial charge is 0.227 e. The molecule has 3 aromatic rings. The fourth-order valence-electron chi connectivity index (χ4n) is 2.98. The minimum Gasteiger partial charge on any atom is -0.341 e. The summed E-state index contributed by atoms with van der Waals surface area (Å²) in [6.07, 6.45) is 0.369. The summed E-state index contributed by atoms with van der Waals surface area (Å²) in [6, 6.07) is 20.0. The number of para-hydroxylation sites is 1. The van der Waals surface area contributed by atoms with Crippen molar-refractivity contribution in [2.75, 3.05) is 7.05 Å². The number of carbonyl (C=O) groups is 1. The predicted molar refractivity (Wildman–Crippen MR) is 99.7 cm³/mol. The number of hydrogen-bond donors (Lipinski definition) is 0. The second kappa shape index (κ2) is 7.34. The first-order valence-corrected chi connectivity index (χ1v) is 8.44. The molecule has 128 valence electrons. The van der Waals surface area contributed by atoms with E-state index in [1.165, 1.54) is 0 Å². The van der Waals surface area contributed by atoms with Gasteiger partial charge < -0.3 is 4.90 Å². The second-order valence-electron chi connectivity index (χ2n) is 6.31. The van der Waals surface area contributed by atoms with Gasteiger partial charge in [-0.3, -0.25) is 4.79 Å². The molecular formula is C21H23N3O. The van der Waals surface area contributed by atoms with Crippen LogP contribution in [0.4, 0.5) is 0 Å². The monoisotopic (exact) mass is 333 g/mol. The Bertz CT molecular complexity index is 854. The van der Waals surface area contributed by atoms with E-state index in [1.54, 1.807) is 4.90 Å². The maximum absolute atomic E-state index is 12.7. The highest BCUT2D eigenvalue weighted by atomic mass is 16.2. The summed E-state index contributed by atoms with van der Waals surface area (Å²) in [4.78, 5) is 14.4. The van der Waals surface area contributed by atoms with Crippen molar-refractivity contribution in [1.29, 1.82) is 0 Å². The summed E-state index contributed by atoms with van der Waals surface area (Å²) < 4.78 is 1.91. The normalized spacial score (nSPS) is 10.7. The van der Waals surface area contributed by atoms with Crippen LogP contribution in [0.1, 0.15) is 22.5 Å². The number of rotatable bonds is 5. The standard InChI is InChI=1S/C21H23N3O/c1-16-20(17(2)24(22-16)19-12-8-5-9-13-19)14-21(25)23(3)15-18-10-6-4-7-11-18/h4-13H,14-15H2,1-3H3. The Morgan fingerprint density at radius 2 is 1.60 bits per heavy atom. The van der Waals surface area contributed by atoms with E-state index in [4.69, 9.17) is 0 Å². The first kappa shape index (κ1) is 17.0. The molecule has 2 aromatic carbocycles. The molecule has 0 saturated heterocycles. The quantitative estimate of drug-likeness (QED) is 0.714. The highest BCUT2D eigenvalue weighted by molar-refractivity contribution is 5.79. The highest BCUT2D eigenvalue weighted by Crippen LogP contribution is 2.19. The van der Waals surface area contributed by atoms with Gasteiger partial charge in [-0.15, -0.1) is 0 Å². The molecule has 0 aliphatic carbocycles. The van der Waals surface area contributed by atoms with Crippen LogP contribution in [-0.2, 0) is 17.8 Å². The molecule has 3 rings (SSSR count). The maximum atomic E-state index is 12.7. The predicted octanol–water partition coefficient (Wildman–Crippen LogP) is 3.69. The lowest BCUT2D eigenvalue weighted by Gasteiger charge is -2.17. The van der Waals surface area contributed by atoms with Crippen LogP contribution < -0.4 is 0 Å². The largest absolute Gasteiger partial charge is 0.341 e. The van der Waals surface area contributed by atoms with E-state index in [1.807, 2.05) is 86.2 Å². The average molecular weight is 333 g/mol. The Morgan fingerprint density at radius 1 is 1.00 bits per heavy atom. The molecule has 0 unspecified atom stereocenters. The van der Waals surface area contributed by atoms with Gasteiger partial charge in [0.05, 0.1) is 17.8 Å². The Balaban J connectivity index is 1.76. The van der Waals surface area contributed by atoms with Crippen LogP contribution in [0.15, 0.2) is 60.7 Å². The van der Waals surface area contributed by atoms with Gasteiger partial charge in [0.15, 0.2) is 0 Å². The van der Waals surface area contributed by atoms with Gasteiger partial charge in [-0.1, -0.05) is 48.5 Å². The second-order valence-corrected chi connectivity index (χ2v) is 6.31. The number of aryl methyl sites for hydroxylation is 1. The van der Waals surface area contributed by atoms with Gasteiger partial charge in [0.2, 0.25) is 5.91 Å². The SMILES string of the molecule is Cc1nn(-c2ccccc2)c(C)c1CC(=O)N(C)Cc1ccccc1. The van der Waals surface area contributed by atoms with Gasteiger partial charge in [-0.05, 0) is 31.5 Å². The summed E-state index contributed by atoms with van der Waals surface area (Å²) in [7, 11) is 1.85. The molecule has 0 N–H and O–H groups in total. The Kier molecular flexibility index (Phi) is 4.98. The summed E-state index contributed by atoms with van der Waals surface area (Å²) in [5.41, 5.74) is 5.08. The number of amides is 1. The van der Waals surface area contributed by atoms with Crippen LogP contribution in [0.25, 0.3) is 5.69 Å². The lowest BCUT2D eigenvalue weighted by molar-refractivity contribution is -0.129. The van der Waals surface area contributed by atoms with Gasteiger partial charge in [-0.25, -0.2) is 4.68 Å². The van der Waals surface area contributed by atoms with Gasteiger partial charge in [0, 0.05) is 24.8 Å². The topological polar surface area (TPSA) is 38.1 Å². The van der Waals surface area contributed by atoms with Crippen LogP contribution in [-0.4, -0.2) is 27.6 Å². The van der Waals surface area contributed by atoms with E-state index in [-0.39, 0.29) is 5.91 Å². The Labute approximate surface area is 148 Å². The molecule has 4 nitrogen and oxygen atoms in total. The van der Waals surface area contributed by atoms with Crippen molar-refractivity contribution < 1.29 is 4.79 Å². The Hall–Kier alpha value is -2.88. The Morgan fingerprint density at radius 3 is 2.24 bits per heavy atom. The van der Waals surface area contributed by atoms with E-state index < -0.39 is 0 Å². The molecule has 0 aliphatic heterocycles. The number of aromatic nitrogens is 2. The number of likely N-dealkylation sites (N-methyl/N-ethyl adjacent to an activating group) is 1. The zero-order valence-electron chi connectivity index (χ0n) is 14.9. The maximum Gasteiger partial charge on any atom is 0.227 e. The third-order valence-corrected chi connectivity index (χ3v) is 4.46. The zero-order chi connectivity index (χ0) is 17.8. The third kappa shape index (κ3) is 3.79. The number of carbonyl (C=O) groups excluding carboxylic acids is 1. The molecule has 0 aliphatic rings. The molecule has 1 heterocycles. The minimum atomic E-state index is 0.0997. The molecule has 0 bridgehead atoms. The van der Waals surface area contributed by atoms with Crippen molar-refractivity contribution in [2.45, 2.75) is 26.8 Å². The van der Waals surface area contributed by atoms with Gasteiger partial charge in [0.1, 0.15) is 0 Å². The summed E-state index contributed by atoms with van der Waals surface area (Å²) in [5, 5.41) is 4.62. The van der Waals surface area contributed by atoms with E-state index in [0.29, 0.717) is 13.0 Å². The fourth-order valence-corrected chi connectivity index (χ4v) is 2.98. The summed E-state index contributed by atoms with van der Waals surface area (Å²) in [6.45, 7) is 4.60. The molecule has 0 radical (unpaired) electrons. The van der Waals surface area contributed by atoms with Crippen LogP contribution in [0.3, 0.4) is 0 Å². The first-order valence-electron chi connectivity index (χ1n) is 8.44. The molecule has 25 heavy (non-hydrogen) atoms. The van der Waals surface area contributed by atoms with Crippen molar-refractivity contribution >= 4 is 5.91 Å². The third-order valence-electron chi connectivity index (χ3n) is 4.46. The van der Waals surface area contributed by atoms with Gasteiger partial charge >= 0.3 is 0 Å². The van der Waals surface area contributed by atoms with Crippen LogP contribution in [0.2, 0.25) is 0 Å². The van der Waals surface area contributed by atoms with Crippen molar-refractivity contribution in [2.24, 2.45) is 0 Å². The van der Waals surface area contributed by atoms with E-state index >= 15 is 0 Å². The first-order chi connectivity index (χ1) is 12.1.